The van der Waals surface area contributed by atoms with Gasteiger partial charge in [0.1, 0.15) is 6.54 Å². The summed E-state index contributed by atoms with van der Waals surface area (Å²) in [5.74, 6) is -0.223. The van der Waals surface area contributed by atoms with Crippen LogP contribution in [0.1, 0.15) is 5.56 Å². The minimum absolute atomic E-state index is 0.0117. The lowest BCUT2D eigenvalue weighted by Crippen LogP contribution is -2.41. The number of carbonyl (C=O) groups is 2. The first-order chi connectivity index (χ1) is 10.8. The van der Waals surface area contributed by atoms with Crippen molar-refractivity contribution in [2.45, 2.75) is 11.3 Å². The minimum Gasteiger partial charge on any atom is -0.326 e. The van der Waals surface area contributed by atoms with E-state index in [9.17, 15) is 18.0 Å². The zero-order valence-electron chi connectivity index (χ0n) is 12.7. The van der Waals surface area contributed by atoms with Crippen molar-refractivity contribution in [3.8, 4) is 0 Å². The number of urea groups is 1. The van der Waals surface area contributed by atoms with E-state index in [-0.39, 0.29) is 23.4 Å². The van der Waals surface area contributed by atoms with E-state index in [1.54, 1.807) is 18.0 Å². The van der Waals surface area contributed by atoms with Crippen LogP contribution in [0.2, 0.25) is 0 Å². The van der Waals surface area contributed by atoms with Crippen LogP contribution in [0.4, 0.5) is 10.5 Å². The molecule has 0 saturated carbocycles. The Morgan fingerprint density at radius 1 is 1.26 bits per heavy atom. The molecule has 0 atom stereocenters. The SMILES string of the molecule is CN1CCN(CC(=O)N2CCc3ccc(S(N)(=O)=O)cc32)C1=O. The lowest BCUT2D eigenvalue weighted by molar-refractivity contribution is -0.119. The van der Waals surface area contributed by atoms with Gasteiger partial charge in [-0.25, -0.2) is 18.4 Å². The van der Waals surface area contributed by atoms with Gasteiger partial charge < -0.3 is 14.7 Å². The van der Waals surface area contributed by atoms with E-state index in [1.165, 1.54) is 21.9 Å². The molecule has 1 fully saturated rings. The zero-order valence-corrected chi connectivity index (χ0v) is 13.5. The monoisotopic (exact) mass is 338 g/mol. The molecule has 0 bridgehead atoms. The van der Waals surface area contributed by atoms with E-state index < -0.39 is 10.0 Å². The minimum atomic E-state index is -3.82. The summed E-state index contributed by atoms with van der Waals surface area (Å²) in [5, 5.41) is 5.15. The topological polar surface area (TPSA) is 104 Å². The fourth-order valence-corrected chi connectivity index (χ4v) is 3.43. The Morgan fingerprint density at radius 2 is 2.00 bits per heavy atom. The summed E-state index contributed by atoms with van der Waals surface area (Å²) < 4.78 is 23.0. The van der Waals surface area contributed by atoms with Gasteiger partial charge in [0.2, 0.25) is 15.9 Å². The first-order valence-electron chi connectivity index (χ1n) is 7.23. The average Bonchev–Trinajstić information content (AvgIpc) is 3.04. The van der Waals surface area contributed by atoms with Crippen molar-refractivity contribution >= 4 is 27.6 Å². The van der Waals surface area contributed by atoms with E-state index in [0.717, 1.165) is 5.56 Å². The second-order valence-electron chi connectivity index (χ2n) is 5.76. The number of nitrogens with zero attached hydrogens (tertiary/aromatic N) is 3. The van der Waals surface area contributed by atoms with Crippen LogP contribution < -0.4 is 10.0 Å². The third-order valence-electron chi connectivity index (χ3n) is 4.21. The molecular formula is C14H18N4O4S. The molecule has 8 nitrogen and oxygen atoms in total. The molecule has 124 valence electrons. The fourth-order valence-electron chi connectivity index (χ4n) is 2.89. The van der Waals surface area contributed by atoms with E-state index >= 15 is 0 Å². The highest BCUT2D eigenvalue weighted by Crippen LogP contribution is 2.30. The molecule has 2 N–H and O–H groups in total. The molecule has 0 unspecified atom stereocenters. The van der Waals surface area contributed by atoms with Gasteiger partial charge >= 0.3 is 6.03 Å². The summed E-state index contributed by atoms with van der Waals surface area (Å²) in [5.41, 5.74) is 1.46. The van der Waals surface area contributed by atoms with E-state index in [2.05, 4.69) is 0 Å². The summed E-state index contributed by atoms with van der Waals surface area (Å²) in [6.45, 7) is 1.57. The van der Waals surface area contributed by atoms with Gasteiger partial charge in [-0.3, -0.25) is 4.79 Å². The van der Waals surface area contributed by atoms with Crippen molar-refractivity contribution in [2.75, 3.05) is 38.1 Å². The number of amides is 3. The number of anilines is 1. The molecule has 0 radical (unpaired) electrons. The van der Waals surface area contributed by atoms with Crippen molar-refractivity contribution in [2.24, 2.45) is 5.14 Å². The van der Waals surface area contributed by atoms with Gasteiger partial charge in [0, 0.05) is 32.4 Å². The van der Waals surface area contributed by atoms with Crippen LogP contribution in [0.25, 0.3) is 0 Å². The van der Waals surface area contributed by atoms with Crippen molar-refractivity contribution in [1.29, 1.82) is 0 Å². The van der Waals surface area contributed by atoms with E-state index in [4.69, 9.17) is 5.14 Å². The third kappa shape index (κ3) is 2.89. The highest BCUT2D eigenvalue weighted by molar-refractivity contribution is 7.89. The predicted molar refractivity (Wildman–Crippen MR) is 83.5 cm³/mol. The lowest BCUT2D eigenvalue weighted by atomic mass is 10.2. The molecule has 0 spiro atoms. The van der Waals surface area contributed by atoms with Crippen molar-refractivity contribution in [3.63, 3.8) is 0 Å². The molecule has 2 aliphatic rings. The predicted octanol–water partition coefficient (Wildman–Crippen LogP) is -0.409. The summed E-state index contributed by atoms with van der Waals surface area (Å²) >= 11 is 0. The molecule has 0 aliphatic carbocycles. The Labute approximate surface area is 134 Å². The molecule has 0 aromatic heterocycles. The number of benzene rings is 1. The molecule has 1 aromatic rings. The number of carbonyl (C=O) groups excluding carboxylic acids is 2. The third-order valence-corrected chi connectivity index (χ3v) is 5.12. The lowest BCUT2D eigenvalue weighted by Gasteiger charge is -2.22. The van der Waals surface area contributed by atoms with Gasteiger partial charge in [0.05, 0.1) is 4.90 Å². The van der Waals surface area contributed by atoms with Crippen LogP contribution in [-0.2, 0) is 21.2 Å². The molecule has 1 saturated heterocycles. The maximum Gasteiger partial charge on any atom is 0.320 e. The Balaban J connectivity index is 1.81. The maximum atomic E-state index is 12.5. The van der Waals surface area contributed by atoms with Gasteiger partial charge in [0.25, 0.3) is 0 Å². The van der Waals surface area contributed by atoms with Crippen LogP contribution in [-0.4, -0.2) is 63.4 Å². The number of rotatable bonds is 3. The van der Waals surface area contributed by atoms with Gasteiger partial charge in [-0.15, -0.1) is 0 Å². The highest BCUT2D eigenvalue weighted by atomic mass is 32.2. The molecule has 1 aromatic carbocycles. The van der Waals surface area contributed by atoms with Gasteiger partial charge in [-0.1, -0.05) is 6.07 Å². The first kappa shape index (κ1) is 15.8. The van der Waals surface area contributed by atoms with Crippen molar-refractivity contribution in [3.05, 3.63) is 23.8 Å². The van der Waals surface area contributed by atoms with Crippen LogP contribution >= 0.6 is 0 Å². The van der Waals surface area contributed by atoms with Gasteiger partial charge in [0.15, 0.2) is 0 Å². The largest absolute Gasteiger partial charge is 0.326 e. The number of hydrogen-bond donors (Lipinski definition) is 1. The van der Waals surface area contributed by atoms with Crippen LogP contribution in [0.5, 0.6) is 0 Å². The fraction of sp³-hybridized carbons (Fsp3) is 0.429. The standard InChI is InChI=1S/C14H18N4O4S/c1-16-6-7-17(14(16)20)9-13(19)18-5-4-10-2-3-11(8-12(10)18)23(15,21)22/h2-3,8H,4-7,9H2,1H3,(H2,15,21,22). The summed E-state index contributed by atoms with van der Waals surface area (Å²) in [7, 11) is -2.13. The maximum absolute atomic E-state index is 12.5. The number of nitrogens with two attached hydrogens (primary N) is 1. The summed E-state index contributed by atoms with van der Waals surface area (Å²) in [6, 6.07) is 4.38. The van der Waals surface area contributed by atoms with E-state index in [1.807, 2.05) is 0 Å². The van der Waals surface area contributed by atoms with Gasteiger partial charge in [-0.05, 0) is 24.1 Å². The van der Waals surface area contributed by atoms with Crippen molar-refractivity contribution < 1.29 is 18.0 Å². The number of fused-ring (bicyclic) bond motifs is 1. The number of hydrogen-bond acceptors (Lipinski definition) is 4. The number of sulfonamides is 1. The Bertz CT molecular complexity index is 777. The normalized spacial score (nSPS) is 17.8. The van der Waals surface area contributed by atoms with Gasteiger partial charge in [-0.2, -0.15) is 0 Å². The first-order valence-corrected chi connectivity index (χ1v) is 8.78. The van der Waals surface area contributed by atoms with Crippen LogP contribution in [0, 0.1) is 0 Å². The highest BCUT2D eigenvalue weighted by Gasteiger charge is 2.31. The summed E-state index contributed by atoms with van der Waals surface area (Å²) in [6.07, 6.45) is 0.653. The molecular weight excluding hydrogens is 320 g/mol. The Kier molecular flexibility index (Phi) is 3.77. The second-order valence-corrected chi connectivity index (χ2v) is 7.32. The molecule has 2 aliphatic heterocycles. The smallest absolute Gasteiger partial charge is 0.320 e. The summed E-state index contributed by atoms with van der Waals surface area (Å²) in [4.78, 5) is 28.9. The molecule has 23 heavy (non-hydrogen) atoms. The molecule has 2 heterocycles. The molecule has 3 rings (SSSR count). The zero-order chi connectivity index (χ0) is 16.8. The van der Waals surface area contributed by atoms with Crippen LogP contribution in [0.3, 0.4) is 0 Å². The van der Waals surface area contributed by atoms with Crippen LogP contribution in [0.15, 0.2) is 23.1 Å². The average molecular weight is 338 g/mol. The molecule has 9 heteroatoms. The van der Waals surface area contributed by atoms with Crippen molar-refractivity contribution in [1.82, 2.24) is 9.80 Å². The van der Waals surface area contributed by atoms with E-state index in [0.29, 0.717) is 31.7 Å². The Morgan fingerprint density at radius 3 is 2.61 bits per heavy atom. The Hall–Kier alpha value is -2.13. The second kappa shape index (κ2) is 5.50. The number of primary sulfonamides is 1. The number of likely N-dealkylation sites (N-methyl/N-ethyl adjacent to an activating group) is 1. The molecule has 3 amide bonds. The quantitative estimate of drug-likeness (QED) is 0.809.